The Bertz CT molecular complexity index is 4350. The van der Waals surface area contributed by atoms with E-state index < -0.39 is 5.41 Å². The molecule has 0 saturated carbocycles. The molecule has 5 aliphatic heterocycles. The van der Waals surface area contributed by atoms with E-state index in [1.807, 2.05) is 0 Å². The summed E-state index contributed by atoms with van der Waals surface area (Å²) in [5.74, 6) is 1.81. The van der Waals surface area contributed by atoms with Gasteiger partial charge in [-0.2, -0.15) is 0 Å². The van der Waals surface area contributed by atoms with E-state index in [4.69, 9.17) is 24.7 Å². The van der Waals surface area contributed by atoms with Gasteiger partial charge in [-0.05, 0) is 243 Å². The molecule has 5 aliphatic rings. The van der Waals surface area contributed by atoms with Crippen molar-refractivity contribution >= 4 is 88.7 Å². The Labute approximate surface area is 532 Å². The van der Waals surface area contributed by atoms with Crippen molar-refractivity contribution in [2.45, 2.75) is 194 Å². The minimum Gasteiger partial charge on any atom is -0.456 e. The van der Waals surface area contributed by atoms with Crippen molar-refractivity contribution in [3.05, 3.63) is 196 Å². The van der Waals surface area contributed by atoms with E-state index >= 15 is 0 Å². The highest BCUT2D eigenvalue weighted by molar-refractivity contribution is 5.99. The summed E-state index contributed by atoms with van der Waals surface area (Å²) >= 11 is 0. The van der Waals surface area contributed by atoms with Crippen LogP contribution in [-0.2, 0) is 43.9 Å². The van der Waals surface area contributed by atoms with Crippen LogP contribution < -0.4 is 4.74 Å². The minimum absolute atomic E-state index is 0.418. The van der Waals surface area contributed by atoms with Crippen LogP contribution >= 0.6 is 0 Å². The Morgan fingerprint density at radius 3 is 0.844 bits per heavy atom. The minimum atomic E-state index is -0.418. The monoisotopic (exact) mass is 1190 g/mol. The van der Waals surface area contributed by atoms with Gasteiger partial charge < -0.3 is 24.7 Å². The Hall–Kier alpha value is -8.56. The van der Waals surface area contributed by atoms with E-state index in [-0.39, 0.29) is 0 Å². The van der Waals surface area contributed by atoms with Crippen molar-refractivity contribution in [3.8, 4) is 11.5 Å². The van der Waals surface area contributed by atoms with E-state index in [1.165, 1.54) is 89.1 Å². The molecule has 4 N–H and O–H groups in total. The molecule has 13 rings (SSSR count). The average Bonchev–Trinajstić information content (AvgIpc) is 1.06. The van der Waals surface area contributed by atoms with E-state index in [0.717, 1.165) is 186 Å². The molecule has 9 heteroatoms. The zero-order valence-corrected chi connectivity index (χ0v) is 56.7. The number of nitrogens with one attached hydrogen (secondary N) is 4. The first-order chi connectivity index (χ1) is 43.3. The van der Waals surface area contributed by atoms with Gasteiger partial charge in [-0.25, -0.2) is 19.9 Å². The van der Waals surface area contributed by atoms with Crippen molar-refractivity contribution in [1.82, 2.24) is 39.9 Å². The quantitative estimate of drug-likeness (QED) is 0.0970. The van der Waals surface area contributed by atoms with Crippen LogP contribution in [0, 0.1) is 27.7 Å². The van der Waals surface area contributed by atoms with E-state index in [9.17, 15) is 0 Å². The van der Waals surface area contributed by atoms with Crippen LogP contribution in [0.2, 0.25) is 0 Å². The Morgan fingerprint density at radius 2 is 0.600 bits per heavy atom. The molecule has 0 amide bonds. The molecule has 0 saturated heterocycles. The lowest BCUT2D eigenvalue weighted by Crippen LogP contribution is -2.26. The van der Waals surface area contributed by atoms with Crippen molar-refractivity contribution in [2.24, 2.45) is 0 Å². The molecule has 16 bridgehead atoms. The molecule has 6 aromatic heterocycles. The van der Waals surface area contributed by atoms with Crippen LogP contribution in [0.3, 0.4) is 0 Å². The lowest BCUT2D eigenvalue weighted by Gasteiger charge is -2.36. The number of hydrogen-bond donors (Lipinski definition) is 4. The predicted molar refractivity (Wildman–Crippen MR) is 380 cm³/mol. The summed E-state index contributed by atoms with van der Waals surface area (Å²) in [6.45, 7) is 41.0. The SMILES string of the molecule is CCC1=C(C)c2nc1cc1[nH]c(cc3[nH]c(cc4nc(c2Cc2cccc5c2Oc2c(Cc6c7nc(cc8[nH]c(cc9[nH]c(cc%10nc6C(C)=C%10CC)c(C)c9CC)c(CC)c8C)C(CC)=C7C)cccc2C5(C)C)C(C)=C4CC)c(C)c3CC)c(CC)c1C. The van der Waals surface area contributed by atoms with Gasteiger partial charge >= 0.3 is 0 Å². The second-order valence-corrected chi connectivity index (χ2v) is 26.3. The van der Waals surface area contributed by atoms with Crippen molar-refractivity contribution < 1.29 is 4.74 Å². The Morgan fingerprint density at radius 1 is 0.333 bits per heavy atom. The molecule has 0 unspecified atom stereocenters. The maximum atomic E-state index is 7.74. The molecule has 0 fully saturated rings. The first-order valence-electron chi connectivity index (χ1n) is 33.5. The van der Waals surface area contributed by atoms with Gasteiger partial charge in [0.1, 0.15) is 11.5 Å². The summed E-state index contributed by atoms with van der Waals surface area (Å²) in [6, 6.07) is 27.5. The van der Waals surface area contributed by atoms with E-state index in [2.05, 4.69) is 217 Å². The average molecular weight is 1190 g/mol. The van der Waals surface area contributed by atoms with Gasteiger partial charge in [0.25, 0.3) is 0 Å². The molecule has 0 atom stereocenters. The van der Waals surface area contributed by atoms with Gasteiger partial charge in [-0.15, -0.1) is 0 Å². The molecule has 0 radical (unpaired) electrons. The normalized spacial score (nSPS) is 14.6. The van der Waals surface area contributed by atoms with Crippen LogP contribution in [0.4, 0.5) is 0 Å². The number of benzene rings is 2. The predicted octanol–water partition coefficient (Wildman–Crippen LogP) is 21.4. The van der Waals surface area contributed by atoms with Crippen LogP contribution in [0.25, 0.3) is 88.7 Å². The largest absolute Gasteiger partial charge is 0.456 e. The lowest BCUT2D eigenvalue weighted by atomic mass is 9.74. The number of para-hydroxylation sites is 2. The highest BCUT2D eigenvalue weighted by atomic mass is 16.5. The summed E-state index contributed by atoms with van der Waals surface area (Å²) in [5.41, 5.74) is 43.6. The molecule has 9 nitrogen and oxygen atoms in total. The molecule has 2 aromatic carbocycles. The van der Waals surface area contributed by atoms with Crippen molar-refractivity contribution in [3.63, 3.8) is 0 Å². The van der Waals surface area contributed by atoms with Gasteiger partial charge in [-0.1, -0.05) is 106 Å². The topological polar surface area (TPSA) is 124 Å². The number of H-pyrrole nitrogens is 4. The smallest absolute Gasteiger partial charge is 0.135 e. The fourth-order valence-electron chi connectivity index (χ4n) is 16.2. The number of rotatable bonds is 12. The molecule has 460 valence electrons. The van der Waals surface area contributed by atoms with Gasteiger partial charge in [-0.3, -0.25) is 0 Å². The number of aryl methyl sites for hydroxylation is 8. The van der Waals surface area contributed by atoms with Gasteiger partial charge in [0, 0.05) is 84.6 Å². The summed E-state index contributed by atoms with van der Waals surface area (Å²) in [6.07, 6.45) is 8.20. The molecule has 90 heavy (non-hydrogen) atoms. The summed E-state index contributed by atoms with van der Waals surface area (Å²) < 4.78 is 7.74. The second kappa shape index (κ2) is 23.0. The van der Waals surface area contributed by atoms with E-state index in [0.29, 0.717) is 12.8 Å². The third kappa shape index (κ3) is 9.45. The van der Waals surface area contributed by atoms with Crippen LogP contribution in [0.1, 0.15) is 246 Å². The second-order valence-electron chi connectivity index (χ2n) is 26.3. The third-order valence-corrected chi connectivity index (χ3v) is 21.4. The molecule has 11 heterocycles. The van der Waals surface area contributed by atoms with Crippen LogP contribution in [0.15, 0.2) is 72.8 Å². The zero-order chi connectivity index (χ0) is 63.5. The summed E-state index contributed by atoms with van der Waals surface area (Å²) in [5, 5.41) is 0. The first-order valence-corrected chi connectivity index (χ1v) is 33.5. The Balaban J connectivity index is 1.04. The molecular weight excluding hydrogens is 1100 g/mol. The number of hydrogen-bond acceptors (Lipinski definition) is 5. The number of aromatic amines is 4. The maximum Gasteiger partial charge on any atom is 0.135 e. The molecule has 0 spiro atoms. The molecule has 0 aliphatic carbocycles. The highest BCUT2D eigenvalue weighted by Gasteiger charge is 2.38. The molecular formula is C81H90N8O. The van der Waals surface area contributed by atoms with Crippen molar-refractivity contribution in [1.29, 1.82) is 0 Å². The number of nitrogens with zero attached hydrogens (tertiary/aromatic N) is 4. The summed E-state index contributed by atoms with van der Waals surface area (Å²) in [7, 11) is 0. The number of fused-ring (bicyclic) bond motifs is 18. The Kier molecular flexibility index (Phi) is 15.4. The third-order valence-electron chi connectivity index (χ3n) is 21.4. The highest BCUT2D eigenvalue weighted by Crippen LogP contribution is 2.53. The number of allylic oxidation sites excluding steroid dienone is 8. The van der Waals surface area contributed by atoms with Crippen LogP contribution in [0.5, 0.6) is 11.5 Å². The fourth-order valence-corrected chi connectivity index (χ4v) is 16.2. The number of ether oxygens (including phenoxy) is 1. The van der Waals surface area contributed by atoms with Gasteiger partial charge in [0.15, 0.2) is 0 Å². The molecule has 8 aromatic rings. The van der Waals surface area contributed by atoms with Crippen LogP contribution in [-0.4, -0.2) is 39.9 Å². The van der Waals surface area contributed by atoms with E-state index in [1.54, 1.807) is 0 Å². The lowest BCUT2D eigenvalue weighted by molar-refractivity contribution is 0.410. The first kappa shape index (κ1) is 60.4. The standard InChI is InChI=1S/C81H90N8O/c1-19-51-41(9)63-35-71-55(23-5)45(13)75(86-71)59(76-46(14)56(24-6)72(87-76)36-64-42(10)52(20-2)68(83-64)39-67(51)82-63)33-49-29-27-31-61-79(49)90-80-50(30-28-32-62(80)81(61,17)18)34-60-77-47(15)57(25-7)73(88-77)37-65-43(11)53(21-3)69(84-65)40-70-54(22-4)44(12)66(85-70)38-74-58(26-8)48(16)78(60)89-74/h27-32,35-40,82-85H,19-26,33-34H2,1-18H3. The van der Waals surface area contributed by atoms with Gasteiger partial charge in [0.2, 0.25) is 0 Å². The number of aromatic nitrogens is 8. The summed E-state index contributed by atoms with van der Waals surface area (Å²) in [4.78, 5) is 38.6. The van der Waals surface area contributed by atoms with Gasteiger partial charge in [0.05, 0.1) is 45.6 Å². The van der Waals surface area contributed by atoms with Crippen molar-refractivity contribution in [2.75, 3.05) is 0 Å². The fraction of sp³-hybridized carbons (Fsp3) is 0.358. The zero-order valence-electron chi connectivity index (χ0n) is 56.7. The maximum absolute atomic E-state index is 7.74.